The van der Waals surface area contributed by atoms with E-state index in [2.05, 4.69) is 0 Å². The molecule has 0 aromatic heterocycles. The van der Waals surface area contributed by atoms with Crippen LogP contribution in [0.5, 0.6) is 5.75 Å². The first-order chi connectivity index (χ1) is 11.6. The zero-order valence-electron chi connectivity index (χ0n) is 13.0. The summed E-state index contributed by atoms with van der Waals surface area (Å²) < 4.78 is 6.00. The Kier molecular flexibility index (Phi) is 3.49. The van der Waals surface area contributed by atoms with Crippen molar-refractivity contribution in [2.45, 2.75) is 25.1 Å². The van der Waals surface area contributed by atoms with Gasteiger partial charge in [0.25, 0.3) is 0 Å². The number of nitrogens with zero attached hydrogens (tertiary/aromatic N) is 1. The van der Waals surface area contributed by atoms with Crippen molar-refractivity contribution in [3.63, 3.8) is 0 Å². The number of carbonyl (C=O) groups is 2. The number of carboxylic acid groups (broad SMARTS) is 1. The number of likely N-dealkylation sites (tertiary alicyclic amines) is 1. The summed E-state index contributed by atoms with van der Waals surface area (Å²) in [6, 6.07) is 17.0. The summed E-state index contributed by atoms with van der Waals surface area (Å²) in [5.41, 5.74) is 1.77. The van der Waals surface area contributed by atoms with Crippen molar-refractivity contribution >= 4 is 11.9 Å². The number of piperidine rings is 1. The van der Waals surface area contributed by atoms with E-state index in [4.69, 9.17) is 4.74 Å². The lowest BCUT2D eigenvalue weighted by molar-refractivity contribution is -0.166. The largest absolute Gasteiger partial charge is 0.481 e. The van der Waals surface area contributed by atoms with E-state index in [1.165, 1.54) is 0 Å². The average molecular weight is 323 g/mol. The molecule has 2 aromatic rings. The van der Waals surface area contributed by atoms with E-state index in [1.54, 1.807) is 4.90 Å². The molecule has 0 radical (unpaired) electrons. The van der Waals surface area contributed by atoms with Gasteiger partial charge in [-0.2, -0.15) is 0 Å². The summed E-state index contributed by atoms with van der Waals surface area (Å²) >= 11 is 0. The molecule has 24 heavy (non-hydrogen) atoms. The second-order valence-electron chi connectivity index (χ2n) is 6.22. The monoisotopic (exact) mass is 323 g/mol. The third-order valence-corrected chi connectivity index (χ3v) is 4.80. The number of benzene rings is 2. The van der Waals surface area contributed by atoms with Gasteiger partial charge in [0.2, 0.25) is 5.91 Å². The van der Waals surface area contributed by atoms with Gasteiger partial charge in [-0.15, -0.1) is 0 Å². The molecule has 0 spiro atoms. The molecule has 2 bridgehead atoms. The van der Waals surface area contributed by atoms with Crippen LogP contribution in [0, 0.1) is 5.92 Å². The summed E-state index contributed by atoms with van der Waals surface area (Å²) in [5, 5.41) is 9.64. The minimum atomic E-state index is -1.07. The highest BCUT2D eigenvalue weighted by molar-refractivity contribution is 5.99. The summed E-state index contributed by atoms with van der Waals surface area (Å²) in [5.74, 6) is -2.16. The Morgan fingerprint density at radius 1 is 1.12 bits per heavy atom. The molecule has 0 saturated carbocycles. The van der Waals surface area contributed by atoms with Crippen LogP contribution < -0.4 is 4.74 Å². The van der Waals surface area contributed by atoms with Gasteiger partial charge in [0, 0.05) is 18.9 Å². The number of rotatable bonds is 3. The van der Waals surface area contributed by atoms with Crippen LogP contribution in [0.4, 0.5) is 0 Å². The van der Waals surface area contributed by atoms with Crippen molar-refractivity contribution in [2.75, 3.05) is 0 Å². The van der Waals surface area contributed by atoms with E-state index >= 15 is 0 Å². The first kappa shape index (κ1) is 14.8. The Labute approximate surface area is 139 Å². The molecule has 2 aromatic carbocycles. The van der Waals surface area contributed by atoms with Crippen LogP contribution in [0.3, 0.4) is 0 Å². The maximum atomic E-state index is 12.9. The number of ether oxygens (including phenoxy) is 1. The summed E-state index contributed by atoms with van der Waals surface area (Å²) in [4.78, 5) is 26.2. The smallest absolute Gasteiger partial charge is 0.316 e. The van der Waals surface area contributed by atoms with Crippen molar-refractivity contribution in [3.8, 4) is 5.75 Å². The lowest BCUT2D eigenvalue weighted by atomic mass is 9.77. The number of fused-ring (bicyclic) bond motifs is 4. The van der Waals surface area contributed by atoms with Crippen LogP contribution in [-0.4, -0.2) is 28.1 Å². The number of carbonyl (C=O) groups excluding carboxylic acids is 1. The van der Waals surface area contributed by atoms with Crippen molar-refractivity contribution < 1.29 is 19.4 Å². The first-order valence-corrected chi connectivity index (χ1v) is 7.98. The Balaban J connectivity index is 1.73. The van der Waals surface area contributed by atoms with E-state index in [1.807, 2.05) is 54.6 Å². The molecule has 4 rings (SSSR count). The van der Waals surface area contributed by atoms with Gasteiger partial charge in [0.15, 0.2) is 6.23 Å². The van der Waals surface area contributed by atoms with E-state index in [-0.39, 0.29) is 11.8 Å². The highest BCUT2D eigenvalue weighted by Crippen LogP contribution is 2.45. The van der Waals surface area contributed by atoms with Crippen molar-refractivity contribution in [1.82, 2.24) is 4.90 Å². The maximum Gasteiger partial charge on any atom is 0.316 e. The predicted molar refractivity (Wildman–Crippen MR) is 86.3 cm³/mol. The van der Waals surface area contributed by atoms with E-state index in [0.717, 1.165) is 11.1 Å². The molecule has 3 atom stereocenters. The van der Waals surface area contributed by atoms with Gasteiger partial charge in [-0.3, -0.25) is 9.59 Å². The third kappa shape index (κ3) is 2.33. The Hall–Kier alpha value is -2.82. The van der Waals surface area contributed by atoms with Crippen LogP contribution in [0.1, 0.15) is 23.5 Å². The molecule has 1 N–H and O–H groups in total. The fraction of sp³-hybridized carbons (Fsp3) is 0.263. The molecule has 2 aliphatic heterocycles. The minimum Gasteiger partial charge on any atom is -0.481 e. The summed E-state index contributed by atoms with van der Waals surface area (Å²) in [6.07, 6.45) is 0.0835. The molecule has 2 aliphatic rings. The Morgan fingerprint density at radius 2 is 1.83 bits per heavy atom. The lowest BCUT2D eigenvalue weighted by Gasteiger charge is -2.45. The number of amides is 1. The maximum absolute atomic E-state index is 12.9. The normalized spacial score (nSPS) is 24.9. The summed E-state index contributed by atoms with van der Waals surface area (Å²) in [7, 11) is 0. The number of hydrogen-bond donors (Lipinski definition) is 1. The molecular formula is C19H17NO4. The number of hydrogen-bond acceptors (Lipinski definition) is 3. The number of aliphatic carboxylic acids is 1. The molecule has 2 heterocycles. The van der Waals surface area contributed by atoms with Gasteiger partial charge in [-0.25, -0.2) is 0 Å². The van der Waals surface area contributed by atoms with Crippen LogP contribution in [0.2, 0.25) is 0 Å². The quantitative estimate of drug-likeness (QED) is 0.882. The molecule has 122 valence electrons. The molecule has 3 unspecified atom stereocenters. The highest BCUT2D eigenvalue weighted by atomic mass is 16.5. The highest BCUT2D eigenvalue weighted by Gasteiger charge is 2.50. The second-order valence-corrected chi connectivity index (χ2v) is 6.22. The molecular weight excluding hydrogens is 306 g/mol. The van der Waals surface area contributed by atoms with Gasteiger partial charge in [-0.05, 0) is 17.2 Å². The SMILES string of the molecule is O=C(O)C1C(=O)N(Cc2ccccc2)C2CC1c1ccccc1O2. The van der Waals surface area contributed by atoms with Gasteiger partial charge < -0.3 is 14.7 Å². The van der Waals surface area contributed by atoms with Crippen LogP contribution in [0.25, 0.3) is 0 Å². The van der Waals surface area contributed by atoms with E-state index in [0.29, 0.717) is 18.7 Å². The van der Waals surface area contributed by atoms with Crippen molar-refractivity contribution in [1.29, 1.82) is 0 Å². The Bertz CT molecular complexity index is 789. The zero-order valence-corrected chi connectivity index (χ0v) is 13.0. The molecule has 1 amide bonds. The predicted octanol–water partition coefficient (Wildman–Crippen LogP) is 2.62. The Morgan fingerprint density at radius 3 is 2.58 bits per heavy atom. The standard InChI is InChI=1S/C19H17NO4/c21-18-17(19(22)23)14-10-16(24-15-9-5-4-8-13(14)15)20(18)11-12-6-2-1-3-7-12/h1-9,14,16-17H,10-11H2,(H,22,23). The molecule has 5 nitrogen and oxygen atoms in total. The van der Waals surface area contributed by atoms with Crippen molar-refractivity contribution in [3.05, 3.63) is 65.7 Å². The van der Waals surface area contributed by atoms with Gasteiger partial charge in [-0.1, -0.05) is 48.5 Å². The molecule has 1 saturated heterocycles. The fourth-order valence-corrected chi connectivity index (χ4v) is 3.67. The zero-order chi connectivity index (χ0) is 16.7. The van der Waals surface area contributed by atoms with Gasteiger partial charge in [0.05, 0.1) is 0 Å². The first-order valence-electron chi connectivity index (χ1n) is 7.98. The van der Waals surface area contributed by atoms with Crippen LogP contribution in [-0.2, 0) is 16.1 Å². The van der Waals surface area contributed by atoms with Crippen LogP contribution >= 0.6 is 0 Å². The molecule has 1 fully saturated rings. The lowest BCUT2D eigenvalue weighted by Crippen LogP contribution is -2.56. The van der Waals surface area contributed by atoms with Crippen LogP contribution in [0.15, 0.2) is 54.6 Å². The minimum absolute atomic E-state index is 0.336. The summed E-state index contributed by atoms with van der Waals surface area (Å²) in [6.45, 7) is 0.350. The number of carboxylic acids is 1. The molecule has 5 heteroatoms. The fourth-order valence-electron chi connectivity index (χ4n) is 3.67. The third-order valence-electron chi connectivity index (χ3n) is 4.80. The van der Waals surface area contributed by atoms with Crippen molar-refractivity contribution in [2.24, 2.45) is 5.92 Å². The van der Waals surface area contributed by atoms with Gasteiger partial charge in [0.1, 0.15) is 11.7 Å². The van der Waals surface area contributed by atoms with E-state index in [9.17, 15) is 14.7 Å². The number of para-hydroxylation sites is 1. The molecule has 0 aliphatic carbocycles. The van der Waals surface area contributed by atoms with E-state index < -0.39 is 18.1 Å². The topological polar surface area (TPSA) is 66.8 Å². The average Bonchev–Trinajstić information content (AvgIpc) is 2.59. The van der Waals surface area contributed by atoms with Gasteiger partial charge >= 0.3 is 5.97 Å². The second kappa shape index (κ2) is 5.67.